The highest BCUT2D eigenvalue weighted by molar-refractivity contribution is 5.81. The lowest BCUT2D eigenvalue weighted by Gasteiger charge is -2.31. The number of rotatable bonds is 8. The number of aliphatic carboxylic acids is 2. The van der Waals surface area contributed by atoms with Crippen molar-refractivity contribution in [1.29, 1.82) is 0 Å². The molecule has 7 atom stereocenters. The number of aliphatic hydroxyl groups excluding tert-OH is 2. The molecule has 0 aliphatic heterocycles. The highest BCUT2D eigenvalue weighted by Crippen LogP contribution is 2.33. The molecular weight excluding hydrogens is 376 g/mol. The molecule has 2 saturated carbocycles. The average Bonchev–Trinajstić information content (AvgIpc) is 2.62. The number of esters is 1. The van der Waals surface area contributed by atoms with Crippen LogP contribution in [0, 0.1) is 23.7 Å². The van der Waals surface area contributed by atoms with E-state index in [4.69, 9.17) is 14.5 Å². The molecule has 0 heterocycles. The van der Waals surface area contributed by atoms with Crippen molar-refractivity contribution < 1.29 is 49.3 Å². The van der Waals surface area contributed by atoms with Gasteiger partial charge in [-0.1, -0.05) is 0 Å². The second-order valence-corrected chi connectivity index (χ2v) is 7.58. The topological polar surface area (TPSA) is 160 Å². The van der Waals surface area contributed by atoms with Crippen LogP contribution >= 0.6 is 0 Å². The van der Waals surface area contributed by atoms with Crippen LogP contribution in [0.4, 0.5) is 0 Å². The molecule has 160 valence electrons. The molecule has 28 heavy (non-hydrogen) atoms. The van der Waals surface area contributed by atoms with Gasteiger partial charge < -0.3 is 25.2 Å². The Bertz CT molecular complexity index is 565. The Labute approximate surface area is 162 Å². The Morgan fingerprint density at radius 3 is 2.07 bits per heavy atom. The number of carbonyl (C=O) groups is 3. The first-order valence-corrected chi connectivity index (χ1v) is 9.49. The van der Waals surface area contributed by atoms with Gasteiger partial charge in [-0.15, -0.1) is 0 Å². The van der Waals surface area contributed by atoms with Gasteiger partial charge in [0, 0.05) is 6.92 Å². The average molecular weight is 404 g/mol. The van der Waals surface area contributed by atoms with Gasteiger partial charge in [0.05, 0.1) is 36.6 Å². The molecule has 10 nitrogen and oxygen atoms in total. The molecule has 7 unspecified atom stereocenters. The number of hydrogen-bond donors (Lipinski definition) is 4. The molecule has 0 amide bonds. The molecular formula is C18H28O10. The molecule has 0 aromatic carbocycles. The first-order valence-electron chi connectivity index (χ1n) is 9.49. The van der Waals surface area contributed by atoms with Crippen molar-refractivity contribution in [3.63, 3.8) is 0 Å². The normalized spacial score (nSPS) is 34.4. The molecule has 0 aromatic heterocycles. The zero-order chi connectivity index (χ0) is 20.8. The second kappa shape index (κ2) is 10.1. The fraction of sp³-hybridized carbons (Fsp3) is 0.833. The fourth-order valence-corrected chi connectivity index (χ4v) is 3.91. The molecule has 0 radical (unpaired) electrons. The van der Waals surface area contributed by atoms with Crippen molar-refractivity contribution in [1.82, 2.24) is 0 Å². The number of carboxylic acids is 2. The number of carbonyl (C=O) groups excluding carboxylic acids is 1. The minimum absolute atomic E-state index is 0.00898. The van der Waals surface area contributed by atoms with E-state index in [1.807, 2.05) is 0 Å². The Balaban J connectivity index is 1.78. The number of carboxylic acid groups (broad SMARTS) is 2. The van der Waals surface area contributed by atoms with Gasteiger partial charge >= 0.3 is 17.9 Å². The molecule has 0 bridgehead atoms. The SMILES string of the molecule is CC(OOCC1CCC(O)CC1C(=O)O)OC(=O)C1CCC(O)CC1C(=O)O. The maximum Gasteiger partial charge on any atom is 0.312 e. The monoisotopic (exact) mass is 404 g/mol. The van der Waals surface area contributed by atoms with E-state index in [2.05, 4.69) is 0 Å². The van der Waals surface area contributed by atoms with Gasteiger partial charge in [0.2, 0.25) is 6.29 Å². The lowest BCUT2D eigenvalue weighted by atomic mass is 9.78. The fourth-order valence-electron chi connectivity index (χ4n) is 3.91. The minimum atomic E-state index is -1.16. The molecule has 4 N–H and O–H groups in total. The van der Waals surface area contributed by atoms with E-state index in [0.29, 0.717) is 19.3 Å². The summed E-state index contributed by atoms with van der Waals surface area (Å²) in [6.45, 7) is 1.38. The summed E-state index contributed by atoms with van der Waals surface area (Å²) in [6.07, 6.45) is -0.886. The van der Waals surface area contributed by atoms with E-state index < -0.39 is 54.2 Å². The third-order valence-corrected chi connectivity index (χ3v) is 5.49. The zero-order valence-corrected chi connectivity index (χ0v) is 15.7. The highest BCUT2D eigenvalue weighted by atomic mass is 17.2. The summed E-state index contributed by atoms with van der Waals surface area (Å²) in [5.41, 5.74) is 0. The van der Waals surface area contributed by atoms with Gasteiger partial charge in [-0.2, -0.15) is 4.89 Å². The number of ether oxygens (including phenoxy) is 1. The van der Waals surface area contributed by atoms with Gasteiger partial charge in [-0.3, -0.25) is 14.4 Å². The maximum absolute atomic E-state index is 12.3. The van der Waals surface area contributed by atoms with Crippen molar-refractivity contribution in [3.05, 3.63) is 0 Å². The molecule has 0 aromatic rings. The van der Waals surface area contributed by atoms with Crippen LogP contribution in [-0.2, 0) is 28.9 Å². The molecule has 0 saturated heterocycles. The molecule has 2 rings (SSSR count). The summed E-state index contributed by atoms with van der Waals surface area (Å²) in [4.78, 5) is 44.9. The van der Waals surface area contributed by atoms with Gasteiger partial charge in [-0.05, 0) is 44.4 Å². The van der Waals surface area contributed by atoms with Crippen molar-refractivity contribution in [3.8, 4) is 0 Å². The molecule has 10 heteroatoms. The maximum atomic E-state index is 12.3. The van der Waals surface area contributed by atoms with Gasteiger partial charge in [0.25, 0.3) is 0 Å². The van der Waals surface area contributed by atoms with Crippen molar-refractivity contribution >= 4 is 17.9 Å². The van der Waals surface area contributed by atoms with Crippen molar-refractivity contribution in [2.45, 2.75) is 63.9 Å². The Morgan fingerprint density at radius 1 is 0.893 bits per heavy atom. The van der Waals surface area contributed by atoms with Crippen LogP contribution in [-0.4, -0.2) is 63.4 Å². The summed E-state index contributed by atoms with van der Waals surface area (Å²) in [7, 11) is 0. The van der Waals surface area contributed by atoms with Gasteiger partial charge in [0.1, 0.15) is 0 Å². The zero-order valence-electron chi connectivity index (χ0n) is 15.7. The molecule has 2 aliphatic carbocycles. The second-order valence-electron chi connectivity index (χ2n) is 7.58. The quantitative estimate of drug-likeness (QED) is 0.195. The van der Waals surface area contributed by atoms with E-state index >= 15 is 0 Å². The van der Waals surface area contributed by atoms with E-state index in [1.54, 1.807) is 0 Å². The van der Waals surface area contributed by atoms with Crippen LogP contribution in [0.5, 0.6) is 0 Å². The van der Waals surface area contributed by atoms with Crippen LogP contribution in [0.1, 0.15) is 45.4 Å². The number of hydrogen-bond acceptors (Lipinski definition) is 8. The molecule has 2 fully saturated rings. The first-order chi connectivity index (χ1) is 13.2. The molecule has 0 spiro atoms. The smallest absolute Gasteiger partial charge is 0.312 e. The molecule has 2 aliphatic rings. The van der Waals surface area contributed by atoms with E-state index in [1.165, 1.54) is 6.92 Å². The van der Waals surface area contributed by atoms with Crippen molar-refractivity contribution in [2.24, 2.45) is 23.7 Å². The van der Waals surface area contributed by atoms with Crippen molar-refractivity contribution in [2.75, 3.05) is 6.61 Å². The largest absolute Gasteiger partial charge is 0.481 e. The highest BCUT2D eigenvalue weighted by Gasteiger charge is 2.40. The van der Waals surface area contributed by atoms with Crippen LogP contribution < -0.4 is 0 Å². The van der Waals surface area contributed by atoms with Crippen LogP contribution in [0.3, 0.4) is 0 Å². The summed E-state index contributed by atoms with van der Waals surface area (Å²) < 4.78 is 5.10. The lowest BCUT2D eigenvalue weighted by molar-refractivity contribution is -0.372. The Morgan fingerprint density at radius 2 is 1.46 bits per heavy atom. The third-order valence-electron chi connectivity index (χ3n) is 5.49. The Hall–Kier alpha value is -1.75. The van der Waals surface area contributed by atoms with E-state index in [9.17, 15) is 34.8 Å². The third kappa shape index (κ3) is 6.13. The summed E-state index contributed by atoms with van der Waals surface area (Å²) in [5, 5.41) is 37.7. The summed E-state index contributed by atoms with van der Waals surface area (Å²) in [5.74, 6) is -5.87. The minimum Gasteiger partial charge on any atom is -0.481 e. The van der Waals surface area contributed by atoms with Gasteiger partial charge in [-0.25, -0.2) is 4.89 Å². The Kier molecular flexibility index (Phi) is 8.17. The summed E-state index contributed by atoms with van der Waals surface area (Å²) >= 11 is 0. The lowest BCUT2D eigenvalue weighted by Crippen LogP contribution is -2.39. The summed E-state index contributed by atoms with van der Waals surface area (Å²) in [6, 6.07) is 0. The van der Waals surface area contributed by atoms with Crippen LogP contribution in [0.25, 0.3) is 0 Å². The standard InChI is InChI=1S/C18H28O10/c1-9(27-18(25)13-5-4-12(20)7-15(13)17(23)24)28-26-8-10-2-3-11(19)6-14(10)16(21)22/h9-15,19-20H,2-8H2,1H3,(H,21,22)(H,23,24). The first kappa shape index (κ1) is 22.5. The predicted octanol–water partition coefficient (Wildman–Crippen LogP) is 0.547. The predicted molar refractivity (Wildman–Crippen MR) is 91.5 cm³/mol. The van der Waals surface area contributed by atoms with E-state index in [-0.39, 0.29) is 31.8 Å². The van der Waals surface area contributed by atoms with E-state index in [0.717, 1.165) is 0 Å². The van der Waals surface area contributed by atoms with Crippen LogP contribution in [0.2, 0.25) is 0 Å². The van der Waals surface area contributed by atoms with Crippen LogP contribution in [0.15, 0.2) is 0 Å². The number of aliphatic hydroxyl groups is 2. The van der Waals surface area contributed by atoms with Gasteiger partial charge in [0.15, 0.2) is 0 Å².